The van der Waals surface area contributed by atoms with Crippen molar-refractivity contribution in [2.75, 3.05) is 63.6 Å². The van der Waals surface area contributed by atoms with E-state index in [9.17, 15) is 14.0 Å². The van der Waals surface area contributed by atoms with E-state index in [-0.39, 0.29) is 24.3 Å². The molecule has 5 rings (SSSR count). The highest BCUT2D eigenvalue weighted by molar-refractivity contribution is 5.65. The fourth-order valence-corrected chi connectivity index (χ4v) is 4.67. The molecule has 0 saturated carbocycles. The molecule has 1 aromatic carbocycles. The Bertz CT molecular complexity index is 1310. The first kappa shape index (κ1) is 25.8. The molecule has 2 aliphatic heterocycles. The van der Waals surface area contributed by atoms with Crippen LogP contribution in [0.1, 0.15) is 12.0 Å². The number of pyridine rings is 1. The fourth-order valence-electron chi connectivity index (χ4n) is 4.67. The zero-order valence-electron chi connectivity index (χ0n) is 21.4. The van der Waals surface area contributed by atoms with Gasteiger partial charge in [-0.05, 0) is 50.5 Å². The SMILES string of the molecule is CN1CCN(c2ccc(Nc3nccc(-c4ccc(OC5CCN(C)CC5(F)F)c(C#N)c4)n3)nc2)CC1. The highest BCUT2D eigenvalue weighted by Gasteiger charge is 2.45. The minimum Gasteiger partial charge on any atom is -0.483 e. The van der Waals surface area contributed by atoms with Crippen molar-refractivity contribution in [3.05, 3.63) is 54.4 Å². The first-order chi connectivity index (χ1) is 18.3. The summed E-state index contributed by atoms with van der Waals surface area (Å²) in [6, 6.07) is 12.6. The third kappa shape index (κ3) is 5.82. The molecule has 2 aromatic heterocycles. The summed E-state index contributed by atoms with van der Waals surface area (Å²) in [6.07, 6.45) is 2.35. The van der Waals surface area contributed by atoms with E-state index >= 15 is 0 Å². The van der Waals surface area contributed by atoms with E-state index in [4.69, 9.17) is 4.74 Å². The summed E-state index contributed by atoms with van der Waals surface area (Å²) in [5, 5.41) is 12.8. The van der Waals surface area contributed by atoms with Crippen LogP contribution in [0.5, 0.6) is 5.75 Å². The second-order valence-corrected chi connectivity index (χ2v) is 9.80. The zero-order chi connectivity index (χ0) is 26.7. The minimum absolute atomic E-state index is 0.141. The molecule has 0 aliphatic carbocycles. The lowest BCUT2D eigenvalue weighted by Gasteiger charge is -2.36. The molecular formula is C27H30F2N8O. The molecule has 0 bridgehead atoms. The van der Waals surface area contributed by atoms with E-state index in [1.54, 1.807) is 42.4 Å². The topological polar surface area (TPSA) is 93.4 Å². The van der Waals surface area contributed by atoms with E-state index in [1.807, 2.05) is 18.3 Å². The van der Waals surface area contributed by atoms with Gasteiger partial charge in [0.1, 0.15) is 17.6 Å². The molecule has 1 atom stereocenters. The lowest BCUT2D eigenvalue weighted by atomic mass is 10.0. The molecule has 1 N–H and O–H groups in total. The summed E-state index contributed by atoms with van der Waals surface area (Å²) in [7, 11) is 3.78. The Kier molecular flexibility index (Phi) is 7.35. The van der Waals surface area contributed by atoms with Crippen molar-refractivity contribution < 1.29 is 13.5 Å². The summed E-state index contributed by atoms with van der Waals surface area (Å²) in [5.74, 6) is -1.89. The highest BCUT2D eigenvalue weighted by atomic mass is 19.3. The van der Waals surface area contributed by atoms with E-state index in [0.717, 1.165) is 31.9 Å². The molecule has 0 radical (unpaired) electrons. The Balaban J connectivity index is 1.28. The lowest BCUT2D eigenvalue weighted by Crippen LogP contribution is -2.52. The van der Waals surface area contributed by atoms with Crippen LogP contribution in [-0.4, -0.2) is 90.1 Å². The number of nitriles is 1. The van der Waals surface area contributed by atoms with Crippen LogP contribution in [0.25, 0.3) is 11.3 Å². The van der Waals surface area contributed by atoms with Crippen molar-refractivity contribution in [1.82, 2.24) is 24.8 Å². The number of ether oxygens (including phenoxy) is 1. The molecule has 2 fully saturated rings. The molecule has 4 heterocycles. The smallest absolute Gasteiger partial charge is 0.296 e. The number of aromatic nitrogens is 3. The second-order valence-electron chi connectivity index (χ2n) is 9.80. The molecule has 2 saturated heterocycles. The van der Waals surface area contributed by atoms with Gasteiger partial charge in [0.2, 0.25) is 5.95 Å². The number of hydrogen-bond acceptors (Lipinski definition) is 9. The quantitative estimate of drug-likeness (QED) is 0.523. The maximum absolute atomic E-state index is 14.5. The number of piperidine rings is 1. The second kappa shape index (κ2) is 10.8. The van der Waals surface area contributed by atoms with Crippen molar-refractivity contribution in [2.24, 2.45) is 0 Å². The van der Waals surface area contributed by atoms with Crippen LogP contribution in [0.4, 0.5) is 26.2 Å². The number of hydrogen-bond donors (Lipinski definition) is 1. The van der Waals surface area contributed by atoms with Gasteiger partial charge in [-0.2, -0.15) is 5.26 Å². The van der Waals surface area contributed by atoms with Crippen LogP contribution in [0.2, 0.25) is 0 Å². The van der Waals surface area contributed by atoms with Gasteiger partial charge >= 0.3 is 0 Å². The van der Waals surface area contributed by atoms with Crippen LogP contribution < -0.4 is 15.0 Å². The molecule has 11 heteroatoms. The van der Waals surface area contributed by atoms with Gasteiger partial charge in [0.25, 0.3) is 5.92 Å². The van der Waals surface area contributed by atoms with Crippen LogP contribution in [0.3, 0.4) is 0 Å². The number of likely N-dealkylation sites (N-methyl/N-ethyl adjacent to an activating group) is 1. The molecule has 0 amide bonds. The van der Waals surface area contributed by atoms with Gasteiger partial charge < -0.3 is 24.8 Å². The van der Waals surface area contributed by atoms with Crippen LogP contribution in [-0.2, 0) is 0 Å². The number of halogens is 2. The Hall–Kier alpha value is -3.88. The number of piperazine rings is 1. The van der Waals surface area contributed by atoms with Crippen molar-refractivity contribution in [3.8, 4) is 23.1 Å². The number of alkyl halides is 2. The van der Waals surface area contributed by atoms with Gasteiger partial charge in [-0.1, -0.05) is 0 Å². The fraction of sp³-hybridized carbons (Fsp3) is 0.407. The summed E-state index contributed by atoms with van der Waals surface area (Å²) >= 11 is 0. The number of rotatable bonds is 6. The normalized spacial score (nSPS) is 20.1. The summed E-state index contributed by atoms with van der Waals surface area (Å²) in [4.78, 5) is 19.5. The molecule has 9 nitrogen and oxygen atoms in total. The Morgan fingerprint density at radius 3 is 2.55 bits per heavy atom. The van der Waals surface area contributed by atoms with Crippen LogP contribution >= 0.6 is 0 Å². The van der Waals surface area contributed by atoms with E-state index < -0.39 is 12.0 Å². The third-order valence-corrected chi connectivity index (χ3v) is 6.90. The first-order valence-electron chi connectivity index (χ1n) is 12.6. The van der Waals surface area contributed by atoms with Gasteiger partial charge in [0.05, 0.1) is 29.7 Å². The van der Waals surface area contributed by atoms with Gasteiger partial charge in [0.15, 0.2) is 6.10 Å². The highest BCUT2D eigenvalue weighted by Crippen LogP contribution is 2.33. The minimum atomic E-state index is -3.00. The molecule has 3 aromatic rings. The van der Waals surface area contributed by atoms with E-state index in [1.165, 1.54) is 0 Å². The number of likely N-dealkylation sites (tertiary alicyclic amines) is 1. The Morgan fingerprint density at radius 2 is 1.84 bits per heavy atom. The van der Waals surface area contributed by atoms with Crippen molar-refractivity contribution >= 4 is 17.5 Å². The predicted molar refractivity (Wildman–Crippen MR) is 141 cm³/mol. The molecule has 2 aliphatic rings. The van der Waals surface area contributed by atoms with Crippen LogP contribution in [0.15, 0.2) is 48.8 Å². The Labute approximate surface area is 220 Å². The summed E-state index contributed by atoms with van der Waals surface area (Å²) in [6.45, 7) is 4.10. The molecule has 198 valence electrons. The van der Waals surface area contributed by atoms with Gasteiger partial charge in [-0.15, -0.1) is 0 Å². The standard InChI is InChI=1S/C27H30F2N8O/c1-35-11-13-37(14-12-35)21-4-6-25(32-17-21)34-26-31-9-7-22(33-26)19-3-5-23(20(15-19)16-30)38-24-8-10-36(2)18-27(24,28)29/h3-7,9,15,17,24H,8,10-14,18H2,1-2H3,(H,31,32,33,34). The van der Waals surface area contributed by atoms with Gasteiger partial charge in [-0.3, -0.25) is 0 Å². The van der Waals surface area contributed by atoms with Crippen LogP contribution in [0, 0.1) is 11.3 Å². The monoisotopic (exact) mass is 520 g/mol. The number of nitrogens with one attached hydrogen (secondary N) is 1. The van der Waals surface area contributed by atoms with Crippen molar-refractivity contribution in [1.29, 1.82) is 5.26 Å². The first-order valence-corrected chi connectivity index (χ1v) is 12.6. The maximum Gasteiger partial charge on any atom is 0.296 e. The predicted octanol–water partition coefficient (Wildman–Crippen LogP) is 3.62. The average molecular weight is 521 g/mol. The molecule has 0 spiro atoms. The lowest BCUT2D eigenvalue weighted by molar-refractivity contribution is -0.135. The van der Waals surface area contributed by atoms with Crippen molar-refractivity contribution in [2.45, 2.75) is 18.4 Å². The largest absolute Gasteiger partial charge is 0.483 e. The maximum atomic E-state index is 14.5. The molecular weight excluding hydrogens is 490 g/mol. The zero-order valence-corrected chi connectivity index (χ0v) is 21.4. The number of anilines is 3. The summed E-state index contributed by atoms with van der Waals surface area (Å²) < 4.78 is 34.5. The van der Waals surface area contributed by atoms with E-state index in [0.29, 0.717) is 29.6 Å². The summed E-state index contributed by atoms with van der Waals surface area (Å²) in [5.41, 5.74) is 2.46. The van der Waals surface area contributed by atoms with Crippen molar-refractivity contribution in [3.63, 3.8) is 0 Å². The number of benzene rings is 1. The van der Waals surface area contributed by atoms with Gasteiger partial charge in [-0.25, -0.2) is 23.7 Å². The third-order valence-electron chi connectivity index (χ3n) is 6.90. The molecule has 38 heavy (non-hydrogen) atoms. The van der Waals surface area contributed by atoms with Gasteiger partial charge in [0, 0.05) is 50.9 Å². The number of nitrogens with zero attached hydrogens (tertiary/aromatic N) is 7. The average Bonchev–Trinajstić information content (AvgIpc) is 2.91. The Morgan fingerprint density at radius 1 is 1.03 bits per heavy atom. The van der Waals surface area contributed by atoms with E-state index in [2.05, 4.69) is 43.2 Å². The molecule has 1 unspecified atom stereocenters.